The lowest BCUT2D eigenvalue weighted by molar-refractivity contribution is 0.252. The van der Waals surface area contributed by atoms with E-state index in [4.69, 9.17) is 0 Å². The average Bonchev–Trinajstić information content (AvgIpc) is 3.02. The maximum Gasteiger partial charge on any atom is 0.288 e. The Kier molecular flexibility index (Phi) is 4.87. The number of alkyl halides is 2. The molecule has 0 amide bonds. The zero-order chi connectivity index (χ0) is 16.1. The third-order valence-corrected chi connectivity index (χ3v) is 3.91. The van der Waals surface area contributed by atoms with Gasteiger partial charge in [0.2, 0.25) is 0 Å². The Morgan fingerprint density at radius 2 is 2.09 bits per heavy atom. The number of H-pyrrole nitrogens is 1. The number of hydrogen-bond acceptors (Lipinski definition) is 4. The van der Waals surface area contributed by atoms with Crippen molar-refractivity contribution in [2.75, 3.05) is 5.32 Å². The van der Waals surface area contributed by atoms with Gasteiger partial charge in [-0.1, -0.05) is 17.8 Å². The van der Waals surface area contributed by atoms with Crippen LogP contribution < -0.4 is 5.32 Å². The van der Waals surface area contributed by atoms with Crippen molar-refractivity contribution in [3.8, 4) is 11.3 Å². The quantitative estimate of drug-likeness (QED) is 0.657. The van der Waals surface area contributed by atoms with Gasteiger partial charge in [-0.2, -0.15) is 13.9 Å². The highest BCUT2D eigenvalue weighted by Gasteiger charge is 2.09. The summed E-state index contributed by atoms with van der Waals surface area (Å²) >= 11 is 0.536. The van der Waals surface area contributed by atoms with E-state index in [2.05, 4.69) is 20.5 Å². The van der Waals surface area contributed by atoms with Crippen LogP contribution in [0.15, 0.2) is 59.9 Å². The molecule has 0 fully saturated rings. The van der Waals surface area contributed by atoms with Gasteiger partial charge >= 0.3 is 0 Å². The van der Waals surface area contributed by atoms with E-state index in [1.54, 1.807) is 36.8 Å². The van der Waals surface area contributed by atoms with Crippen molar-refractivity contribution in [3.05, 3.63) is 60.6 Å². The molecule has 0 radical (unpaired) electrons. The predicted octanol–water partition coefficient (Wildman–Crippen LogP) is 4.40. The number of aromatic nitrogens is 3. The second-order valence-corrected chi connectivity index (χ2v) is 5.84. The molecule has 1 aromatic carbocycles. The zero-order valence-electron chi connectivity index (χ0n) is 12.0. The van der Waals surface area contributed by atoms with E-state index in [0.717, 1.165) is 22.5 Å². The average molecular weight is 332 g/mol. The summed E-state index contributed by atoms with van der Waals surface area (Å²) in [6, 6.07) is 10.8. The van der Waals surface area contributed by atoms with E-state index in [9.17, 15) is 8.78 Å². The molecule has 0 atom stereocenters. The third-order valence-electron chi connectivity index (χ3n) is 3.21. The number of rotatable bonds is 6. The number of nitrogens with one attached hydrogen (secondary N) is 2. The summed E-state index contributed by atoms with van der Waals surface area (Å²) in [5, 5.41) is 10.3. The smallest absolute Gasteiger partial charge is 0.288 e. The van der Waals surface area contributed by atoms with Gasteiger partial charge in [-0.25, -0.2) is 0 Å². The molecule has 4 nitrogen and oxygen atoms in total. The third kappa shape index (κ3) is 4.07. The Hall–Kier alpha value is -2.41. The van der Waals surface area contributed by atoms with E-state index in [1.165, 1.54) is 0 Å². The zero-order valence-corrected chi connectivity index (χ0v) is 12.9. The molecule has 0 aliphatic heterocycles. The van der Waals surface area contributed by atoms with Crippen molar-refractivity contribution in [1.82, 2.24) is 15.2 Å². The molecule has 0 saturated carbocycles. The molecule has 2 heterocycles. The van der Waals surface area contributed by atoms with Gasteiger partial charge in [0.1, 0.15) is 0 Å². The van der Waals surface area contributed by atoms with Crippen molar-refractivity contribution in [3.63, 3.8) is 0 Å². The Bertz CT molecular complexity index is 762. The summed E-state index contributed by atoms with van der Waals surface area (Å²) in [5.41, 5.74) is 3.60. The van der Waals surface area contributed by atoms with Gasteiger partial charge in [0, 0.05) is 40.6 Å². The number of nitrogens with zero attached hydrogens (tertiary/aromatic N) is 2. The lowest BCUT2D eigenvalue weighted by Gasteiger charge is -2.08. The van der Waals surface area contributed by atoms with Gasteiger partial charge in [0.25, 0.3) is 5.76 Å². The number of thioether (sulfide) groups is 1. The van der Waals surface area contributed by atoms with Crippen LogP contribution in [0.4, 0.5) is 14.5 Å². The summed E-state index contributed by atoms with van der Waals surface area (Å²) in [5.74, 6) is -2.42. The molecule has 2 aromatic heterocycles. The van der Waals surface area contributed by atoms with E-state index in [-0.39, 0.29) is 0 Å². The fraction of sp³-hybridized carbons (Fsp3) is 0.125. The van der Waals surface area contributed by atoms with Gasteiger partial charge in [-0.3, -0.25) is 10.1 Å². The van der Waals surface area contributed by atoms with Crippen molar-refractivity contribution in [2.24, 2.45) is 0 Å². The molecule has 0 aliphatic carbocycles. The molecule has 0 unspecified atom stereocenters. The lowest BCUT2D eigenvalue weighted by atomic mass is 10.1. The van der Waals surface area contributed by atoms with Crippen LogP contribution in [-0.4, -0.2) is 20.9 Å². The first-order valence-corrected chi connectivity index (χ1v) is 7.82. The second kappa shape index (κ2) is 7.23. The second-order valence-electron chi connectivity index (χ2n) is 4.77. The predicted molar refractivity (Wildman–Crippen MR) is 87.4 cm³/mol. The Balaban J connectivity index is 1.71. The SMILES string of the molecule is FC(F)Sc1cccc(NCc2cn[nH]c2-c2cccnc2)c1. The first-order chi connectivity index (χ1) is 11.2. The number of pyridine rings is 1. The van der Waals surface area contributed by atoms with Gasteiger partial charge in [0.15, 0.2) is 0 Å². The van der Waals surface area contributed by atoms with Gasteiger partial charge in [-0.05, 0) is 30.3 Å². The highest BCUT2D eigenvalue weighted by atomic mass is 32.2. The van der Waals surface area contributed by atoms with Crippen LogP contribution >= 0.6 is 11.8 Å². The van der Waals surface area contributed by atoms with Gasteiger partial charge in [-0.15, -0.1) is 0 Å². The standard InChI is InChI=1S/C16H14F2N4S/c17-16(18)23-14-5-1-4-13(7-14)20-9-12-10-21-22-15(12)11-3-2-6-19-8-11/h1-8,10,16,20H,9H2,(H,21,22). The molecule has 0 bridgehead atoms. The minimum atomic E-state index is -2.42. The summed E-state index contributed by atoms with van der Waals surface area (Å²) < 4.78 is 24.9. The number of halogens is 2. The summed E-state index contributed by atoms with van der Waals surface area (Å²) in [7, 11) is 0. The van der Waals surface area contributed by atoms with Gasteiger partial charge < -0.3 is 5.32 Å². The molecule has 118 valence electrons. The normalized spacial score (nSPS) is 10.9. The topological polar surface area (TPSA) is 53.6 Å². The van der Waals surface area contributed by atoms with Crippen molar-refractivity contribution < 1.29 is 8.78 Å². The Morgan fingerprint density at radius 1 is 1.17 bits per heavy atom. The maximum atomic E-state index is 12.4. The first kappa shape index (κ1) is 15.5. The van der Waals surface area contributed by atoms with E-state index >= 15 is 0 Å². The highest BCUT2D eigenvalue weighted by molar-refractivity contribution is 7.99. The van der Waals surface area contributed by atoms with E-state index in [0.29, 0.717) is 23.2 Å². The van der Waals surface area contributed by atoms with Crippen LogP contribution in [0.2, 0.25) is 0 Å². The maximum absolute atomic E-state index is 12.4. The highest BCUT2D eigenvalue weighted by Crippen LogP contribution is 2.27. The fourth-order valence-electron chi connectivity index (χ4n) is 2.19. The van der Waals surface area contributed by atoms with Crippen LogP contribution in [-0.2, 0) is 6.54 Å². The van der Waals surface area contributed by atoms with Crippen LogP contribution in [0, 0.1) is 0 Å². The largest absolute Gasteiger partial charge is 0.381 e. The van der Waals surface area contributed by atoms with Crippen LogP contribution in [0.1, 0.15) is 5.56 Å². The summed E-state index contributed by atoms with van der Waals surface area (Å²) in [4.78, 5) is 4.63. The molecule has 2 N–H and O–H groups in total. The lowest BCUT2D eigenvalue weighted by Crippen LogP contribution is -2.00. The molecule has 23 heavy (non-hydrogen) atoms. The molecule has 7 heteroatoms. The van der Waals surface area contributed by atoms with Crippen LogP contribution in [0.3, 0.4) is 0 Å². The minimum Gasteiger partial charge on any atom is -0.381 e. The van der Waals surface area contributed by atoms with E-state index < -0.39 is 5.76 Å². The molecule has 0 spiro atoms. The van der Waals surface area contributed by atoms with Crippen LogP contribution in [0.25, 0.3) is 11.3 Å². The number of anilines is 1. The Morgan fingerprint density at radius 3 is 2.87 bits per heavy atom. The molecular weight excluding hydrogens is 318 g/mol. The number of aromatic amines is 1. The fourth-order valence-corrected chi connectivity index (χ4v) is 2.74. The van der Waals surface area contributed by atoms with Crippen molar-refractivity contribution >= 4 is 17.4 Å². The minimum absolute atomic E-state index is 0.531. The van der Waals surface area contributed by atoms with E-state index in [1.807, 2.05) is 18.2 Å². The number of benzene rings is 1. The molecule has 3 rings (SSSR count). The van der Waals surface area contributed by atoms with Crippen molar-refractivity contribution in [2.45, 2.75) is 17.2 Å². The molecule has 0 saturated heterocycles. The van der Waals surface area contributed by atoms with Crippen LogP contribution in [0.5, 0.6) is 0 Å². The van der Waals surface area contributed by atoms with Gasteiger partial charge in [0.05, 0.1) is 11.9 Å². The Labute approximate surface area is 136 Å². The summed E-state index contributed by atoms with van der Waals surface area (Å²) in [6.45, 7) is 0.531. The molecular formula is C16H14F2N4S. The molecule has 3 aromatic rings. The van der Waals surface area contributed by atoms with Crippen molar-refractivity contribution in [1.29, 1.82) is 0 Å². The monoisotopic (exact) mass is 332 g/mol. The first-order valence-electron chi connectivity index (χ1n) is 6.94. The summed E-state index contributed by atoms with van der Waals surface area (Å²) in [6.07, 6.45) is 5.22. The molecule has 0 aliphatic rings. The number of hydrogen-bond donors (Lipinski definition) is 2.